The summed E-state index contributed by atoms with van der Waals surface area (Å²) < 4.78 is 15.6. The Morgan fingerprint density at radius 1 is 1.07 bits per heavy atom. The summed E-state index contributed by atoms with van der Waals surface area (Å²) in [5.74, 6) is 1.12. The Balaban J connectivity index is 1.71. The van der Waals surface area contributed by atoms with Crippen molar-refractivity contribution >= 4 is 22.6 Å². The number of fused-ring (bicyclic) bond motifs is 1. The molecule has 2 aromatic carbocycles. The molecule has 0 saturated heterocycles. The number of amides is 1. The summed E-state index contributed by atoms with van der Waals surface area (Å²) in [6.45, 7) is 0.578. The van der Waals surface area contributed by atoms with Gasteiger partial charge in [-0.15, -0.1) is 0 Å². The zero-order valence-corrected chi connectivity index (χ0v) is 16.0. The summed E-state index contributed by atoms with van der Waals surface area (Å²) in [5.41, 5.74) is 1.46. The Morgan fingerprint density at radius 2 is 1.82 bits per heavy atom. The maximum absolute atomic E-state index is 12.3. The van der Waals surface area contributed by atoms with E-state index in [1.54, 1.807) is 38.5 Å². The van der Waals surface area contributed by atoms with Crippen LogP contribution in [0.15, 0.2) is 57.7 Å². The van der Waals surface area contributed by atoms with Crippen molar-refractivity contribution in [3.05, 3.63) is 64.5 Å². The Labute approximate surface area is 162 Å². The molecule has 0 aliphatic carbocycles. The second-order valence-corrected chi connectivity index (χ2v) is 6.41. The van der Waals surface area contributed by atoms with Crippen molar-refractivity contribution in [1.29, 1.82) is 0 Å². The van der Waals surface area contributed by atoms with Gasteiger partial charge in [0.25, 0.3) is 0 Å². The summed E-state index contributed by atoms with van der Waals surface area (Å²) >= 11 is 0. The molecule has 0 atom stereocenters. The zero-order valence-electron chi connectivity index (χ0n) is 16.0. The number of anilines is 1. The minimum Gasteiger partial charge on any atom is -0.497 e. The van der Waals surface area contributed by atoms with Crippen LogP contribution in [0.25, 0.3) is 11.0 Å². The zero-order chi connectivity index (χ0) is 20.1. The van der Waals surface area contributed by atoms with Crippen LogP contribution < -0.4 is 20.4 Å². The topological polar surface area (TPSA) is 81.0 Å². The first-order valence-corrected chi connectivity index (χ1v) is 8.71. The average Bonchev–Trinajstić information content (AvgIpc) is 2.67. The third-order valence-corrected chi connectivity index (χ3v) is 4.24. The SMILES string of the molecule is COc1cccc(NC(=O)CN(C)Cc2cc(=O)oc3cc(OC)ccc23)c1. The molecule has 1 heterocycles. The molecule has 0 saturated carbocycles. The normalized spacial score (nSPS) is 10.9. The van der Waals surface area contributed by atoms with Crippen LogP contribution in [0.5, 0.6) is 11.5 Å². The third kappa shape index (κ3) is 4.69. The lowest BCUT2D eigenvalue weighted by Gasteiger charge is -2.17. The first-order valence-electron chi connectivity index (χ1n) is 8.71. The van der Waals surface area contributed by atoms with Crippen LogP contribution in [-0.4, -0.2) is 38.6 Å². The Hall–Kier alpha value is -3.32. The molecule has 7 nitrogen and oxygen atoms in total. The van der Waals surface area contributed by atoms with Gasteiger partial charge in [0.2, 0.25) is 5.91 Å². The van der Waals surface area contributed by atoms with Crippen LogP contribution in [0, 0.1) is 0 Å². The highest BCUT2D eigenvalue weighted by atomic mass is 16.5. The van der Waals surface area contributed by atoms with Gasteiger partial charge in [0.15, 0.2) is 0 Å². The van der Waals surface area contributed by atoms with E-state index in [0.29, 0.717) is 29.3 Å². The smallest absolute Gasteiger partial charge is 0.336 e. The largest absolute Gasteiger partial charge is 0.497 e. The van der Waals surface area contributed by atoms with E-state index in [0.717, 1.165) is 10.9 Å². The summed E-state index contributed by atoms with van der Waals surface area (Å²) in [7, 11) is 4.94. The minimum atomic E-state index is -0.440. The fourth-order valence-corrected chi connectivity index (χ4v) is 2.96. The number of nitrogens with zero attached hydrogens (tertiary/aromatic N) is 1. The molecular weight excluding hydrogens is 360 g/mol. The molecule has 28 heavy (non-hydrogen) atoms. The molecule has 0 aliphatic rings. The van der Waals surface area contributed by atoms with E-state index in [-0.39, 0.29) is 12.5 Å². The predicted molar refractivity (Wildman–Crippen MR) is 107 cm³/mol. The second kappa shape index (κ2) is 8.58. The number of nitrogens with one attached hydrogen (secondary N) is 1. The Kier molecular flexibility index (Phi) is 5.96. The summed E-state index contributed by atoms with van der Waals surface area (Å²) in [6.07, 6.45) is 0. The molecule has 3 rings (SSSR count). The molecule has 0 aliphatic heterocycles. The van der Waals surface area contributed by atoms with E-state index in [2.05, 4.69) is 5.32 Å². The molecule has 1 amide bonds. The van der Waals surface area contributed by atoms with Crippen LogP contribution in [0.3, 0.4) is 0 Å². The van der Waals surface area contributed by atoms with E-state index >= 15 is 0 Å². The first-order chi connectivity index (χ1) is 13.5. The number of methoxy groups -OCH3 is 2. The Bertz CT molecular complexity index is 1040. The van der Waals surface area contributed by atoms with E-state index in [9.17, 15) is 9.59 Å². The van der Waals surface area contributed by atoms with Crippen molar-refractivity contribution in [1.82, 2.24) is 4.90 Å². The van der Waals surface area contributed by atoms with Crippen LogP contribution in [0.1, 0.15) is 5.56 Å². The molecule has 0 unspecified atom stereocenters. The fraction of sp³-hybridized carbons (Fsp3) is 0.238. The van der Waals surface area contributed by atoms with Gasteiger partial charge in [-0.3, -0.25) is 9.69 Å². The number of hydrogen-bond acceptors (Lipinski definition) is 6. The number of carbonyl (C=O) groups is 1. The van der Waals surface area contributed by atoms with Crippen molar-refractivity contribution in [3.8, 4) is 11.5 Å². The van der Waals surface area contributed by atoms with Gasteiger partial charge in [-0.2, -0.15) is 0 Å². The van der Waals surface area contributed by atoms with Gasteiger partial charge in [0.05, 0.1) is 20.8 Å². The molecular formula is C21H22N2O5. The van der Waals surface area contributed by atoms with Gasteiger partial charge in [-0.1, -0.05) is 6.07 Å². The molecule has 146 valence electrons. The van der Waals surface area contributed by atoms with Gasteiger partial charge in [0, 0.05) is 35.8 Å². The van der Waals surface area contributed by atoms with E-state index in [1.165, 1.54) is 6.07 Å². The lowest BCUT2D eigenvalue weighted by molar-refractivity contribution is -0.117. The van der Waals surface area contributed by atoms with Crippen molar-refractivity contribution < 1.29 is 18.7 Å². The minimum absolute atomic E-state index is 0.162. The number of benzene rings is 2. The van der Waals surface area contributed by atoms with Crippen LogP contribution in [0.2, 0.25) is 0 Å². The number of ether oxygens (including phenoxy) is 2. The van der Waals surface area contributed by atoms with Gasteiger partial charge in [-0.25, -0.2) is 4.79 Å². The van der Waals surface area contributed by atoms with Crippen molar-refractivity contribution in [2.45, 2.75) is 6.54 Å². The molecule has 0 spiro atoms. The summed E-state index contributed by atoms with van der Waals surface area (Å²) in [5, 5.41) is 3.65. The monoisotopic (exact) mass is 382 g/mol. The molecule has 0 bridgehead atoms. The predicted octanol–water partition coefficient (Wildman–Crippen LogP) is 2.88. The van der Waals surface area contributed by atoms with Gasteiger partial charge in [0.1, 0.15) is 17.1 Å². The Morgan fingerprint density at radius 3 is 2.57 bits per heavy atom. The molecule has 7 heteroatoms. The molecule has 1 aromatic heterocycles. The first kappa shape index (κ1) is 19.4. The maximum Gasteiger partial charge on any atom is 0.336 e. The maximum atomic E-state index is 12.3. The third-order valence-electron chi connectivity index (χ3n) is 4.24. The number of hydrogen-bond donors (Lipinski definition) is 1. The quantitative estimate of drug-likeness (QED) is 0.633. The second-order valence-electron chi connectivity index (χ2n) is 6.41. The van der Waals surface area contributed by atoms with Crippen molar-refractivity contribution in [2.24, 2.45) is 0 Å². The summed E-state index contributed by atoms with van der Waals surface area (Å²) in [4.78, 5) is 26.1. The van der Waals surface area contributed by atoms with Gasteiger partial charge < -0.3 is 19.2 Å². The van der Waals surface area contributed by atoms with Crippen molar-refractivity contribution in [2.75, 3.05) is 33.1 Å². The van der Waals surface area contributed by atoms with E-state index < -0.39 is 5.63 Å². The lowest BCUT2D eigenvalue weighted by Crippen LogP contribution is -2.30. The number of carbonyl (C=O) groups excluding carboxylic acids is 1. The van der Waals surface area contributed by atoms with Crippen LogP contribution in [0.4, 0.5) is 5.69 Å². The lowest BCUT2D eigenvalue weighted by atomic mass is 10.1. The van der Waals surface area contributed by atoms with Gasteiger partial charge >= 0.3 is 5.63 Å². The van der Waals surface area contributed by atoms with Gasteiger partial charge in [-0.05, 0) is 36.9 Å². The van der Waals surface area contributed by atoms with Crippen LogP contribution in [-0.2, 0) is 11.3 Å². The van der Waals surface area contributed by atoms with Crippen LogP contribution >= 0.6 is 0 Å². The average molecular weight is 382 g/mol. The molecule has 3 aromatic rings. The van der Waals surface area contributed by atoms with Crippen molar-refractivity contribution in [3.63, 3.8) is 0 Å². The van der Waals surface area contributed by atoms with E-state index in [1.807, 2.05) is 30.1 Å². The number of rotatable bonds is 7. The number of likely N-dealkylation sites (N-methyl/N-ethyl adjacent to an activating group) is 1. The highest BCUT2D eigenvalue weighted by Gasteiger charge is 2.12. The molecule has 0 fully saturated rings. The highest BCUT2D eigenvalue weighted by molar-refractivity contribution is 5.92. The molecule has 1 N–H and O–H groups in total. The van der Waals surface area contributed by atoms with E-state index in [4.69, 9.17) is 13.9 Å². The standard InChI is InChI=1S/C21H22N2O5/c1-23(13-20(24)22-15-5-4-6-16(10-15)26-2)12-14-9-21(25)28-19-11-17(27-3)7-8-18(14)19/h4-11H,12-13H2,1-3H3,(H,22,24). The molecule has 0 radical (unpaired) electrons. The fourth-order valence-electron chi connectivity index (χ4n) is 2.96. The highest BCUT2D eigenvalue weighted by Crippen LogP contribution is 2.23. The summed E-state index contributed by atoms with van der Waals surface area (Å²) in [6, 6.07) is 13.9.